The zero-order valence-electron chi connectivity index (χ0n) is 10.3. The summed E-state index contributed by atoms with van der Waals surface area (Å²) < 4.78 is 5.89. The van der Waals surface area contributed by atoms with Gasteiger partial charge in [-0.05, 0) is 25.3 Å². The van der Waals surface area contributed by atoms with Gasteiger partial charge in [-0.15, -0.1) is 0 Å². The van der Waals surface area contributed by atoms with Gasteiger partial charge in [0.05, 0.1) is 0 Å². The van der Waals surface area contributed by atoms with Gasteiger partial charge in [0, 0.05) is 11.0 Å². The molecule has 94 valence electrons. The topological polar surface area (TPSA) is 46.5 Å². The summed E-state index contributed by atoms with van der Waals surface area (Å²) in [4.78, 5) is 11.6. The molecule has 3 heteroatoms. The van der Waals surface area contributed by atoms with Gasteiger partial charge in [0.2, 0.25) is 5.60 Å². The van der Waals surface area contributed by atoms with E-state index < -0.39 is 11.6 Å². The highest BCUT2D eigenvalue weighted by Crippen LogP contribution is 2.56. The molecule has 18 heavy (non-hydrogen) atoms. The van der Waals surface area contributed by atoms with Crippen molar-refractivity contribution in [2.45, 2.75) is 31.8 Å². The fourth-order valence-electron chi connectivity index (χ4n) is 3.19. The minimum Gasteiger partial charge on any atom is -0.478 e. The zero-order chi connectivity index (χ0) is 12.8. The number of hydrogen-bond acceptors (Lipinski definition) is 2. The predicted molar refractivity (Wildman–Crippen MR) is 67.8 cm³/mol. The minimum atomic E-state index is -1.06. The first-order chi connectivity index (χ1) is 8.57. The summed E-state index contributed by atoms with van der Waals surface area (Å²) in [6, 6.07) is 9.71. The lowest BCUT2D eigenvalue weighted by Crippen LogP contribution is -2.46. The number of benzene rings is 1. The Balaban J connectivity index is 2.04. The number of fused-ring (bicyclic) bond motifs is 1. The third-order valence-corrected chi connectivity index (χ3v) is 4.29. The molecule has 1 aromatic rings. The average molecular weight is 244 g/mol. The van der Waals surface area contributed by atoms with Crippen LogP contribution in [0.4, 0.5) is 0 Å². The minimum absolute atomic E-state index is 0.385. The Morgan fingerprint density at radius 2 is 2.00 bits per heavy atom. The van der Waals surface area contributed by atoms with E-state index in [4.69, 9.17) is 4.74 Å². The predicted octanol–water partition coefficient (Wildman–Crippen LogP) is 3.07. The first-order valence-electron chi connectivity index (χ1n) is 6.28. The second-order valence-electron chi connectivity index (χ2n) is 5.38. The maximum Gasteiger partial charge on any atom is 0.348 e. The van der Waals surface area contributed by atoms with Gasteiger partial charge >= 0.3 is 5.97 Å². The summed E-state index contributed by atoms with van der Waals surface area (Å²) in [5, 5.41) is 9.55. The average Bonchev–Trinajstić information content (AvgIpc) is 2.81. The molecule has 0 saturated heterocycles. The van der Waals surface area contributed by atoms with Gasteiger partial charge in [-0.2, -0.15) is 0 Å². The Morgan fingerprint density at radius 1 is 1.28 bits per heavy atom. The molecule has 1 aliphatic carbocycles. The third kappa shape index (κ3) is 1.33. The number of carboxylic acids is 1. The summed E-state index contributed by atoms with van der Waals surface area (Å²) in [6.07, 6.45) is 4.37. The van der Waals surface area contributed by atoms with E-state index in [-0.39, 0.29) is 5.41 Å². The normalized spacial score (nSPS) is 33.7. The monoisotopic (exact) mass is 244 g/mol. The molecular weight excluding hydrogens is 228 g/mol. The Kier molecular flexibility index (Phi) is 2.27. The van der Waals surface area contributed by atoms with Crippen molar-refractivity contribution in [3.63, 3.8) is 0 Å². The van der Waals surface area contributed by atoms with Crippen molar-refractivity contribution in [2.75, 3.05) is 0 Å². The van der Waals surface area contributed by atoms with Crippen LogP contribution in [-0.2, 0) is 9.53 Å². The smallest absolute Gasteiger partial charge is 0.348 e. The second kappa shape index (κ2) is 3.61. The standard InChI is InChI=1S/C15H16O3/c1-14-8-5-9-15(14,13(16)17)18-12(10-14)11-6-3-2-4-7-11/h2-4,6-7,10H,5,8-9H2,1H3,(H,16,17)/t14-,15+/m0/s1. The van der Waals surface area contributed by atoms with Crippen LogP contribution in [0.1, 0.15) is 31.7 Å². The van der Waals surface area contributed by atoms with Gasteiger partial charge in [-0.3, -0.25) is 0 Å². The van der Waals surface area contributed by atoms with E-state index in [1.807, 2.05) is 43.3 Å². The van der Waals surface area contributed by atoms with E-state index in [2.05, 4.69) is 0 Å². The van der Waals surface area contributed by atoms with E-state index in [1.165, 1.54) is 0 Å². The fraction of sp³-hybridized carbons (Fsp3) is 0.400. The van der Waals surface area contributed by atoms with Gasteiger partial charge < -0.3 is 9.84 Å². The van der Waals surface area contributed by atoms with Crippen LogP contribution in [0.25, 0.3) is 5.76 Å². The molecule has 3 rings (SSSR count). The lowest BCUT2D eigenvalue weighted by molar-refractivity contribution is -0.162. The quantitative estimate of drug-likeness (QED) is 0.869. The SMILES string of the molecule is C[C@]12C=C(c3ccccc3)O[C@@]1(C(=O)O)CCC2. The first kappa shape index (κ1) is 11.3. The lowest BCUT2D eigenvalue weighted by atomic mass is 9.77. The van der Waals surface area contributed by atoms with E-state index in [1.54, 1.807) is 0 Å². The molecule has 1 saturated carbocycles. The Labute approximate surface area is 106 Å². The van der Waals surface area contributed by atoms with Gasteiger partial charge in [-0.25, -0.2) is 4.79 Å². The summed E-state index contributed by atoms with van der Waals surface area (Å²) in [7, 11) is 0. The maximum atomic E-state index is 11.6. The molecule has 1 heterocycles. The lowest BCUT2D eigenvalue weighted by Gasteiger charge is -2.32. The molecule has 1 aromatic carbocycles. The van der Waals surface area contributed by atoms with E-state index >= 15 is 0 Å². The van der Waals surface area contributed by atoms with Crippen molar-refractivity contribution in [3.8, 4) is 0 Å². The van der Waals surface area contributed by atoms with Crippen LogP contribution in [0, 0.1) is 5.41 Å². The third-order valence-electron chi connectivity index (χ3n) is 4.29. The molecule has 3 nitrogen and oxygen atoms in total. The summed E-state index contributed by atoms with van der Waals surface area (Å²) in [5.74, 6) is -0.134. The van der Waals surface area contributed by atoms with Gasteiger partial charge in [0.25, 0.3) is 0 Å². The Bertz CT molecular complexity index is 520. The molecule has 0 amide bonds. The van der Waals surface area contributed by atoms with Crippen molar-refractivity contribution in [2.24, 2.45) is 5.41 Å². The van der Waals surface area contributed by atoms with Crippen LogP contribution >= 0.6 is 0 Å². The Hall–Kier alpha value is -1.77. The van der Waals surface area contributed by atoms with Crippen molar-refractivity contribution >= 4 is 11.7 Å². The molecule has 0 bridgehead atoms. The molecule has 1 N–H and O–H groups in total. The van der Waals surface area contributed by atoms with E-state index in [0.29, 0.717) is 12.2 Å². The van der Waals surface area contributed by atoms with E-state index in [9.17, 15) is 9.90 Å². The number of carbonyl (C=O) groups is 1. The summed E-state index contributed by atoms with van der Waals surface area (Å²) >= 11 is 0. The fourth-order valence-corrected chi connectivity index (χ4v) is 3.19. The van der Waals surface area contributed by atoms with Gasteiger partial charge in [0.1, 0.15) is 5.76 Å². The maximum absolute atomic E-state index is 11.6. The van der Waals surface area contributed by atoms with Crippen LogP contribution in [0.15, 0.2) is 36.4 Å². The van der Waals surface area contributed by atoms with Crippen LogP contribution in [0.2, 0.25) is 0 Å². The number of ether oxygens (including phenoxy) is 1. The molecule has 0 unspecified atom stereocenters. The highest BCUT2D eigenvalue weighted by Gasteiger charge is 2.62. The van der Waals surface area contributed by atoms with Crippen molar-refractivity contribution < 1.29 is 14.6 Å². The van der Waals surface area contributed by atoms with Crippen LogP contribution in [0.5, 0.6) is 0 Å². The largest absolute Gasteiger partial charge is 0.478 e. The highest BCUT2D eigenvalue weighted by molar-refractivity contribution is 5.84. The summed E-state index contributed by atoms with van der Waals surface area (Å²) in [5.41, 5.74) is -0.490. The zero-order valence-corrected chi connectivity index (χ0v) is 10.3. The number of carboxylic acid groups (broad SMARTS) is 1. The second-order valence-corrected chi connectivity index (χ2v) is 5.38. The summed E-state index contributed by atoms with van der Waals surface area (Å²) in [6.45, 7) is 1.99. The van der Waals surface area contributed by atoms with Crippen LogP contribution in [0.3, 0.4) is 0 Å². The van der Waals surface area contributed by atoms with Gasteiger partial charge in [0.15, 0.2) is 0 Å². The van der Waals surface area contributed by atoms with Gasteiger partial charge in [-0.1, -0.05) is 37.3 Å². The highest BCUT2D eigenvalue weighted by atomic mass is 16.5. The van der Waals surface area contributed by atoms with Crippen LogP contribution in [-0.4, -0.2) is 16.7 Å². The Morgan fingerprint density at radius 3 is 2.61 bits per heavy atom. The number of rotatable bonds is 2. The van der Waals surface area contributed by atoms with Crippen molar-refractivity contribution in [1.82, 2.24) is 0 Å². The molecular formula is C15H16O3. The van der Waals surface area contributed by atoms with Crippen molar-refractivity contribution in [1.29, 1.82) is 0 Å². The first-order valence-corrected chi connectivity index (χ1v) is 6.28. The molecule has 1 aliphatic heterocycles. The van der Waals surface area contributed by atoms with E-state index in [0.717, 1.165) is 18.4 Å². The molecule has 2 aliphatic rings. The molecule has 0 aromatic heterocycles. The molecule has 2 atom stereocenters. The molecule has 0 radical (unpaired) electrons. The van der Waals surface area contributed by atoms with Crippen LogP contribution < -0.4 is 0 Å². The molecule has 1 fully saturated rings. The molecule has 0 spiro atoms. The number of hydrogen-bond donors (Lipinski definition) is 1. The van der Waals surface area contributed by atoms with Crippen molar-refractivity contribution in [3.05, 3.63) is 42.0 Å². The number of aliphatic carboxylic acids is 1.